The van der Waals surface area contributed by atoms with Crippen LogP contribution >= 0.6 is 11.8 Å². The molecule has 0 saturated carbocycles. The fourth-order valence-electron chi connectivity index (χ4n) is 1.72. The van der Waals surface area contributed by atoms with E-state index in [1.54, 1.807) is 24.3 Å². The molecule has 0 fully saturated rings. The molecule has 1 unspecified atom stereocenters. The Labute approximate surface area is 109 Å². The molecule has 1 aromatic carbocycles. The fraction of sp³-hybridized carbons (Fsp3) is 0.462. The molecule has 1 N–H and O–H groups in total. The number of rotatable bonds is 7. The number of alkyl halides is 2. The number of carboxylic acid groups (broad SMARTS) is 1. The van der Waals surface area contributed by atoms with E-state index in [9.17, 15) is 13.6 Å². The first kappa shape index (κ1) is 15.0. The monoisotopic (exact) mass is 274 g/mol. The quantitative estimate of drug-likeness (QED) is 0.751. The van der Waals surface area contributed by atoms with Gasteiger partial charge in [0.25, 0.3) is 5.76 Å². The van der Waals surface area contributed by atoms with Crippen molar-refractivity contribution in [1.82, 2.24) is 0 Å². The lowest BCUT2D eigenvalue weighted by molar-refractivity contribution is -0.139. The van der Waals surface area contributed by atoms with Crippen LogP contribution in [0.25, 0.3) is 0 Å². The van der Waals surface area contributed by atoms with Crippen molar-refractivity contribution in [2.45, 2.75) is 42.8 Å². The molecule has 2 nitrogen and oxygen atoms in total. The van der Waals surface area contributed by atoms with Crippen LogP contribution in [0.15, 0.2) is 29.2 Å². The van der Waals surface area contributed by atoms with Crippen molar-refractivity contribution in [1.29, 1.82) is 0 Å². The summed E-state index contributed by atoms with van der Waals surface area (Å²) in [4.78, 5) is 11.6. The number of halogens is 2. The summed E-state index contributed by atoms with van der Waals surface area (Å²) in [7, 11) is 0. The lowest BCUT2D eigenvalue weighted by atomic mass is 9.94. The highest BCUT2D eigenvalue weighted by Crippen LogP contribution is 2.28. The molecular formula is C13H16F2O2S. The van der Waals surface area contributed by atoms with Crippen molar-refractivity contribution in [3.63, 3.8) is 0 Å². The third kappa shape index (κ3) is 4.64. The molecule has 1 atom stereocenters. The van der Waals surface area contributed by atoms with Gasteiger partial charge in [-0.15, -0.1) is 0 Å². The minimum atomic E-state index is -2.45. The van der Waals surface area contributed by atoms with Crippen molar-refractivity contribution in [3.05, 3.63) is 29.8 Å². The maximum atomic E-state index is 12.1. The molecule has 0 radical (unpaired) electrons. The molecule has 1 rings (SSSR count). The third-order valence-electron chi connectivity index (χ3n) is 2.65. The Morgan fingerprint density at radius 3 is 2.39 bits per heavy atom. The van der Waals surface area contributed by atoms with E-state index in [1.807, 2.05) is 6.92 Å². The van der Waals surface area contributed by atoms with Gasteiger partial charge in [0.2, 0.25) is 0 Å². The van der Waals surface area contributed by atoms with E-state index in [0.29, 0.717) is 28.6 Å². The molecule has 18 heavy (non-hydrogen) atoms. The van der Waals surface area contributed by atoms with E-state index in [-0.39, 0.29) is 0 Å². The standard InChI is InChI=1S/C13H16F2O2S/c1-2-3-4-11(12(16)17)9-5-7-10(8-6-9)18-13(14)15/h5-8,11,13H,2-4H2,1H3,(H,16,17). The SMILES string of the molecule is CCCCC(C(=O)O)c1ccc(SC(F)F)cc1. The van der Waals surface area contributed by atoms with Crippen molar-refractivity contribution in [2.75, 3.05) is 0 Å². The fourth-order valence-corrected chi connectivity index (χ4v) is 2.22. The molecule has 0 heterocycles. The highest BCUT2D eigenvalue weighted by Gasteiger charge is 2.19. The predicted molar refractivity (Wildman–Crippen MR) is 68.2 cm³/mol. The zero-order chi connectivity index (χ0) is 13.5. The van der Waals surface area contributed by atoms with Crippen molar-refractivity contribution >= 4 is 17.7 Å². The number of hydrogen-bond acceptors (Lipinski definition) is 2. The topological polar surface area (TPSA) is 37.3 Å². The van der Waals surface area contributed by atoms with Gasteiger partial charge in [0.05, 0.1) is 5.92 Å². The lowest BCUT2D eigenvalue weighted by Gasteiger charge is -2.12. The van der Waals surface area contributed by atoms with Crippen LogP contribution in [0.5, 0.6) is 0 Å². The van der Waals surface area contributed by atoms with E-state index in [0.717, 1.165) is 12.8 Å². The van der Waals surface area contributed by atoms with Crippen LogP contribution in [0.4, 0.5) is 8.78 Å². The summed E-state index contributed by atoms with van der Waals surface area (Å²) in [5.41, 5.74) is 0.676. The molecule has 100 valence electrons. The van der Waals surface area contributed by atoms with Crippen LogP contribution < -0.4 is 0 Å². The van der Waals surface area contributed by atoms with Crippen LogP contribution in [0.1, 0.15) is 37.7 Å². The summed E-state index contributed by atoms with van der Waals surface area (Å²) in [6.07, 6.45) is 2.35. The smallest absolute Gasteiger partial charge is 0.310 e. The second-order valence-corrected chi connectivity index (χ2v) is 5.04. The summed E-state index contributed by atoms with van der Waals surface area (Å²) in [6.45, 7) is 2.00. The summed E-state index contributed by atoms with van der Waals surface area (Å²) < 4.78 is 24.3. The van der Waals surface area contributed by atoms with Gasteiger partial charge in [0.1, 0.15) is 0 Å². The molecule has 5 heteroatoms. The predicted octanol–water partition coefficient (Wildman–Crippen LogP) is 4.36. The van der Waals surface area contributed by atoms with E-state index >= 15 is 0 Å². The summed E-state index contributed by atoms with van der Waals surface area (Å²) in [5, 5.41) is 9.14. The van der Waals surface area contributed by atoms with E-state index in [4.69, 9.17) is 5.11 Å². The highest BCUT2D eigenvalue weighted by atomic mass is 32.2. The second-order valence-electron chi connectivity index (χ2n) is 3.98. The van der Waals surface area contributed by atoms with Gasteiger partial charge >= 0.3 is 5.97 Å². The molecule has 0 bridgehead atoms. The molecule has 0 aliphatic carbocycles. The molecule has 0 saturated heterocycles. The minimum absolute atomic E-state index is 0.452. The van der Waals surface area contributed by atoms with E-state index < -0.39 is 17.6 Å². The Hall–Kier alpha value is -1.10. The molecule has 0 aliphatic rings. The largest absolute Gasteiger partial charge is 0.481 e. The average Bonchev–Trinajstić information content (AvgIpc) is 2.30. The number of thioether (sulfide) groups is 1. The number of unbranched alkanes of at least 4 members (excludes halogenated alkanes) is 1. The molecular weight excluding hydrogens is 258 g/mol. The Morgan fingerprint density at radius 1 is 1.33 bits per heavy atom. The molecule has 0 aromatic heterocycles. The summed E-state index contributed by atoms with van der Waals surface area (Å²) in [6, 6.07) is 6.35. The van der Waals surface area contributed by atoms with Gasteiger partial charge in [-0.05, 0) is 24.1 Å². The average molecular weight is 274 g/mol. The van der Waals surface area contributed by atoms with Crippen molar-refractivity contribution < 1.29 is 18.7 Å². The maximum Gasteiger partial charge on any atom is 0.310 e. The van der Waals surface area contributed by atoms with Crippen LogP contribution in [-0.2, 0) is 4.79 Å². The van der Waals surface area contributed by atoms with Gasteiger partial charge in [-0.3, -0.25) is 4.79 Å². The number of carboxylic acids is 1. The minimum Gasteiger partial charge on any atom is -0.481 e. The summed E-state index contributed by atoms with van der Waals surface area (Å²) in [5.74, 6) is -3.86. The van der Waals surface area contributed by atoms with Gasteiger partial charge in [0.15, 0.2) is 0 Å². The molecule has 1 aromatic rings. The zero-order valence-electron chi connectivity index (χ0n) is 10.1. The van der Waals surface area contributed by atoms with Gasteiger partial charge in [-0.1, -0.05) is 43.7 Å². The number of hydrogen-bond donors (Lipinski definition) is 1. The first-order valence-corrected chi connectivity index (χ1v) is 6.70. The molecule has 0 spiro atoms. The highest BCUT2D eigenvalue weighted by molar-refractivity contribution is 7.99. The third-order valence-corrected chi connectivity index (χ3v) is 3.37. The van der Waals surface area contributed by atoms with Crippen molar-refractivity contribution in [3.8, 4) is 0 Å². The first-order chi connectivity index (χ1) is 8.54. The Kier molecular flexibility index (Phi) is 6.12. The van der Waals surface area contributed by atoms with Gasteiger partial charge in [-0.25, -0.2) is 0 Å². The zero-order valence-corrected chi connectivity index (χ0v) is 10.9. The van der Waals surface area contributed by atoms with Crippen LogP contribution in [0.2, 0.25) is 0 Å². The normalized spacial score (nSPS) is 12.7. The molecule has 0 amide bonds. The van der Waals surface area contributed by atoms with Gasteiger partial charge in [0, 0.05) is 4.90 Å². The van der Waals surface area contributed by atoms with E-state index in [2.05, 4.69) is 0 Å². The van der Waals surface area contributed by atoms with Crippen LogP contribution in [-0.4, -0.2) is 16.8 Å². The Morgan fingerprint density at radius 2 is 1.94 bits per heavy atom. The van der Waals surface area contributed by atoms with Crippen LogP contribution in [0, 0.1) is 0 Å². The van der Waals surface area contributed by atoms with Crippen molar-refractivity contribution in [2.24, 2.45) is 0 Å². The lowest BCUT2D eigenvalue weighted by Crippen LogP contribution is -2.11. The summed E-state index contributed by atoms with van der Waals surface area (Å²) >= 11 is 0.464. The van der Waals surface area contributed by atoms with E-state index in [1.165, 1.54) is 0 Å². The maximum absolute atomic E-state index is 12.1. The van der Waals surface area contributed by atoms with Gasteiger partial charge in [-0.2, -0.15) is 8.78 Å². The van der Waals surface area contributed by atoms with Gasteiger partial charge < -0.3 is 5.11 Å². The Balaban J connectivity index is 2.77. The van der Waals surface area contributed by atoms with Crippen LogP contribution in [0.3, 0.4) is 0 Å². The Bertz CT molecular complexity index is 379. The number of carbonyl (C=O) groups is 1. The molecule has 0 aliphatic heterocycles. The number of aliphatic carboxylic acids is 1. The second kappa shape index (κ2) is 7.36. The number of benzene rings is 1. The first-order valence-electron chi connectivity index (χ1n) is 5.82.